The van der Waals surface area contributed by atoms with E-state index in [0.717, 1.165) is 49.1 Å². The van der Waals surface area contributed by atoms with Gasteiger partial charge in [-0.1, -0.05) is 41.9 Å². The van der Waals surface area contributed by atoms with Gasteiger partial charge in [-0.15, -0.1) is 0 Å². The van der Waals surface area contributed by atoms with Crippen LogP contribution in [0.15, 0.2) is 30.3 Å². The Hall–Kier alpha value is -1.40. The first-order valence-corrected chi connectivity index (χ1v) is 9.84. The number of rotatable bonds is 8. The van der Waals surface area contributed by atoms with E-state index >= 15 is 0 Å². The standard InChI is InChI=1S/C20H29ClN4O/c1-16-19(14-22-13-17-7-9-24(10-8-17)11-12-26)20(21)25(23-16)15-18-5-3-2-4-6-18/h2-6,17,22,26H,7-15H2,1H3. The number of likely N-dealkylation sites (tertiary alicyclic amines) is 1. The molecule has 1 aromatic heterocycles. The van der Waals surface area contributed by atoms with Crippen molar-refractivity contribution in [3.8, 4) is 0 Å². The molecule has 0 aliphatic carbocycles. The number of aryl methyl sites for hydroxylation is 1. The van der Waals surface area contributed by atoms with Crippen molar-refractivity contribution in [3.05, 3.63) is 52.3 Å². The highest BCUT2D eigenvalue weighted by Crippen LogP contribution is 2.21. The SMILES string of the molecule is Cc1nn(Cc2ccccc2)c(Cl)c1CNCC1CCN(CCO)CC1. The van der Waals surface area contributed by atoms with Crippen LogP contribution in [0.1, 0.15) is 29.7 Å². The number of benzene rings is 1. The second-order valence-electron chi connectivity index (χ2n) is 7.14. The van der Waals surface area contributed by atoms with Gasteiger partial charge in [0, 0.05) is 18.7 Å². The van der Waals surface area contributed by atoms with Gasteiger partial charge in [0.2, 0.25) is 0 Å². The van der Waals surface area contributed by atoms with E-state index in [4.69, 9.17) is 16.7 Å². The highest BCUT2D eigenvalue weighted by Gasteiger charge is 2.19. The number of hydrogen-bond acceptors (Lipinski definition) is 4. The zero-order valence-electron chi connectivity index (χ0n) is 15.5. The molecule has 3 rings (SSSR count). The highest BCUT2D eigenvalue weighted by atomic mass is 35.5. The Labute approximate surface area is 161 Å². The molecule has 0 atom stereocenters. The number of nitrogens with one attached hydrogen (secondary N) is 1. The Bertz CT molecular complexity index is 681. The zero-order chi connectivity index (χ0) is 18.4. The van der Waals surface area contributed by atoms with Gasteiger partial charge in [-0.3, -0.25) is 0 Å². The minimum atomic E-state index is 0.258. The molecule has 0 bridgehead atoms. The van der Waals surface area contributed by atoms with Gasteiger partial charge in [-0.2, -0.15) is 5.10 Å². The van der Waals surface area contributed by atoms with Crippen molar-refractivity contribution in [2.24, 2.45) is 5.92 Å². The van der Waals surface area contributed by atoms with Crippen molar-refractivity contribution in [1.82, 2.24) is 20.0 Å². The molecule has 0 spiro atoms. The summed E-state index contributed by atoms with van der Waals surface area (Å²) in [5.74, 6) is 0.698. The molecule has 2 aromatic rings. The fourth-order valence-electron chi connectivity index (χ4n) is 3.61. The second kappa shape index (κ2) is 9.51. The van der Waals surface area contributed by atoms with Gasteiger partial charge in [0.15, 0.2) is 0 Å². The van der Waals surface area contributed by atoms with Crippen LogP contribution in [0.4, 0.5) is 0 Å². The Morgan fingerprint density at radius 3 is 2.65 bits per heavy atom. The summed E-state index contributed by atoms with van der Waals surface area (Å²) in [4.78, 5) is 2.34. The van der Waals surface area contributed by atoms with Gasteiger partial charge in [0.1, 0.15) is 5.15 Å². The number of β-amino-alcohol motifs (C(OH)–C–C–N with tert-alkyl or cyclic N) is 1. The minimum Gasteiger partial charge on any atom is -0.395 e. The summed E-state index contributed by atoms with van der Waals surface area (Å²) in [6.07, 6.45) is 2.37. The maximum Gasteiger partial charge on any atom is 0.132 e. The molecule has 1 fully saturated rings. The molecule has 0 radical (unpaired) electrons. The molecule has 5 nitrogen and oxygen atoms in total. The van der Waals surface area contributed by atoms with Crippen molar-refractivity contribution in [2.45, 2.75) is 32.9 Å². The van der Waals surface area contributed by atoms with Crippen molar-refractivity contribution >= 4 is 11.6 Å². The molecule has 1 aromatic carbocycles. The Kier molecular flexibility index (Phi) is 7.08. The molecule has 2 heterocycles. The Balaban J connectivity index is 1.49. The lowest BCUT2D eigenvalue weighted by atomic mass is 9.97. The van der Waals surface area contributed by atoms with Crippen LogP contribution in [0.5, 0.6) is 0 Å². The van der Waals surface area contributed by atoms with Gasteiger partial charge in [-0.05, 0) is 50.9 Å². The van der Waals surface area contributed by atoms with Gasteiger partial charge < -0.3 is 15.3 Å². The predicted octanol–water partition coefficient (Wildman–Crippen LogP) is 2.69. The third-order valence-corrected chi connectivity index (χ3v) is 5.64. The molecular weight excluding hydrogens is 348 g/mol. The largest absolute Gasteiger partial charge is 0.395 e. The van der Waals surface area contributed by atoms with Gasteiger partial charge in [-0.25, -0.2) is 4.68 Å². The molecule has 26 heavy (non-hydrogen) atoms. The summed E-state index contributed by atoms with van der Waals surface area (Å²) < 4.78 is 1.89. The average Bonchev–Trinajstić information content (AvgIpc) is 2.91. The van der Waals surface area contributed by atoms with Crippen LogP contribution >= 0.6 is 11.6 Å². The number of nitrogens with zero attached hydrogens (tertiary/aromatic N) is 3. The molecule has 0 unspecified atom stereocenters. The van der Waals surface area contributed by atoms with E-state index in [1.807, 2.05) is 29.8 Å². The number of aliphatic hydroxyl groups is 1. The first-order chi connectivity index (χ1) is 12.7. The van der Waals surface area contributed by atoms with Crippen LogP contribution in [0, 0.1) is 12.8 Å². The summed E-state index contributed by atoms with van der Waals surface area (Å²) >= 11 is 6.59. The zero-order valence-corrected chi connectivity index (χ0v) is 16.3. The summed E-state index contributed by atoms with van der Waals surface area (Å²) in [7, 11) is 0. The number of piperidine rings is 1. The number of aromatic nitrogens is 2. The van der Waals surface area contributed by atoms with E-state index in [1.165, 1.54) is 18.4 Å². The van der Waals surface area contributed by atoms with E-state index < -0.39 is 0 Å². The molecule has 0 amide bonds. The molecule has 2 N–H and O–H groups in total. The van der Waals surface area contributed by atoms with Gasteiger partial charge in [0.05, 0.1) is 18.8 Å². The molecule has 1 aliphatic heterocycles. The normalized spacial score (nSPS) is 16.3. The smallest absolute Gasteiger partial charge is 0.132 e. The molecule has 0 saturated carbocycles. The second-order valence-corrected chi connectivity index (χ2v) is 7.50. The van der Waals surface area contributed by atoms with Gasteiger partial charge >= 0.3 is 0 Å². The van der Waals surface area contributed by atoms with E-state index in [0.29, 0.717) is 12.5 Å². The third-order valence-electron chi connectivity index (χ3n) is 5.22. The first kappa shape index (κ1) is 19.4. The molecule has 1 aliphatic rings. The van der Waals surface area contributed by atoms with Crippen LogP contribution in [0.25, 0.3) is 0 Å². The Morgan fingerprint density at radius 1 is 1.23 bits per heavy atom. The summed E-state index contributed by atoms with van der Waals surface area (Å²) in [5, 5.41) is 17.9. The lowest BCUT2D eigenvalue weighted by Crippen LogP contribution is -2.38. The topological polar surface area (TPSA) is 53.3 Å². The van der Waals surface area contributed by atoms with E-state index in [-0.39, 0.29) is 6.61 Å². The van der Waals surface area contributed by atoms with Crippen LogP contribution in [-0.2, 0) is 13.1 Å². The van der Waals surface area contributed by atoms with E-state index in [2.05, 4.69) is 27.4 Å². The molecular formula is C20H29ClN4O. The lowest BCUT2D eigenvalue weighted by molar-refractivity contribution is 0.146. The van der Waals surface area contributed by atoms with E-state index in [1.54, 1.807) is 0 Å². The average molecular weight is 377 g/mol. The van der Waals surface area contributed by atoms with Crippen molar-refractivity contribution in [1.29, 1.82) is 0 Å². The van der Waals surface area contributed by atoms with Crippen LogP contribution < -0.4 is 5.32 Å². The Morgan fingerprint density at radius 2 is 1.96 bits per heavy atom. The van der Waals surface area contributed by atoms with Crippen molar-refractivity contribution in [3.63, 3.8) is 0 Å². The van der Waals surface area contributed by atoms with Crippen LogP contribution in [-0.4, -0.2) is 52.6 Å². The quantitative estimate of drug-likeness (QED) is 0.743. The summed E-state index contributed by atoms with van der Waals surface area (Å²) in [6, 6.07) is 10.3. The minimum absolute atomic E-state index is 0.258. The van der Waals surface area contributed by atoms with Crippen molar-refractivity contribution in [2.75, 3.05) is 32.8 Å². The first-order valence-electron chi connectivity index (χ1n) is 9.47. The monoisotopic (exact) mass is 376 g/mol. The third kappa shape index (κ3) is 5.07. The summed E-state index contributed by atoms with van der Waals surface area (Å²) in [5.41, 5.74) is 3.29. The fraction of sp³-hybridized carbons (Fsp3) is 0.550. The van der Waals surface area contributed by atoms with Crippen LogP contribution in [0.2, 0.25) is 5.15 Å². The van der Waals surface area contributed by atoms with E-state index in [9.17, 15) is 0 Å². The molecule has 6 heteroatoms. The molecule has 1 saturated heterocycles. The fourth-order valence-corrected chi connectivity index (χ4v) is 3.91. The number of halogens is 1. The van der Waals surface area contributed by atoms with Gasteiger partial charge in [0.25, 0.3) is 0 Å². The maximum atomic E-state index is 9.02. The number of aliphatic hydroxyl groups excluding tert-OH is 1. The van der Waals surface area contributed by atoms with Crippen LogP contribution in [0.3, 0.4) is 0 Å². The maximum absolute atomic E-state index is 9.02. The molecule has 142 valence electrons. The highest BCUT2D eigenvalue weighted by molar-refractivity contribution is 6.30. The predicted molar refractivity (Wildman–Crippen MR) is 105 cm³/mol. The summed E-state index contributed by atoms with van der Waals surface area (Å²) in [6.45, 7) is 7.72. The van der Waals surface area contributed by atoms with Crippen molar-refractivity contribution < 1.29 is 5.11 Å². The lowest BCUT2D eigenvalue weighted by Gasteiger charge is -2.31. The number of hydrogen-bond donors (Lipinski definition) is 2.